The van der Waals surface area contributed by atoms with Gasteiger partial charge < -0.3 is 19.3 Å². The Balaban J connectivity index is 1.14. The van der Waals surface area contributed by atoms with Crippen molar-refractivity contribution in [3.63, 3.8) is 0 Å². The van der Waals surface area contributed by atoms with E-state index in [1.54, 1.807) is 0 Å². The first kappa shape index (κ1) is 18.1. The van der Waals surface area contributed by atoms with Crippen LogP contribution in [0.2, 0.25) is 0 Å². The highest BCUT2D eigenvalue weighted by Gasteiger charge is 2.22. The van der Waals surface area contributed by atoms with Crippen molar-refractivity contribution in [3.05, 3.63) is 64.2 Å². The highest BCUT2D eigenvalue weighted by molar-refractivity contribution is 5.85. The number of ether oxygens (including phenoxy) is 1. The van der Waals surface area contributed by atoms with Crippen LogP contribution in [0.1, 0.15) is 24.1 Å². The number of imidazole rings is 1. The first-order valence-electron chi connectivity index (χ1n) is 10.3. The monoisotopic (exact) mass is 390 g/mol. The van der Waals surface area contributed by atoms with Gasteiger partial charge in [0.05, 0.1) is 17.6 Å². The second-order valence-corrected chi connectivity index (χ2v) is 7.87. The molecule has 3 heterocycles. The third kappa shape index (κ3) is 3.44. The summed E-state index contributed by atoms with van der Waals surface area (Å²) in [6, 6.07) is 14.4. The smallest absolute Gasteiger partial charge is 0.323 e. The molecule has 2 N–H and O–H groups in total. The molecule has 2 aromatic heterocycles. The van der Waals surface area contributed by atoms with Crippen LogP contribution in [0.3, 0.4) is 0 Å². The summed E-state index contributed by atoms with van der Waals surface area (Å²) in [6.45, 7) is 3.94. The molecule has 0 bridgehead atoms. The molecule has 5 rings (SSSR count). The average Bonchev–Trinajstić information content (AvgIpc) is 3.24. The van der Waals surface area contributed by atoms with Gasteiger partial charge in [0.15, 0.2) is 0 Å². The summed E-state index contributed by atoms with van der Waals surface area (Å²) in [5.41, 5.74) is 5.73. The number of nitrogens with one attached hydrogen (secondary N) is 2. The molecule has 1 aliphatic heterocycles. The van der Waals surface area contributed by atoms with Gasteiger partial charge in [-0.05, 0) is 43.1 Å². The fraction of sp³-hybridized carbons (Fsp3) is 0.348. The van der Waals surface area contributed by atoms with E-state index >= 15 is 0 Å². The Labute approximate surface area is 169 Å². The van der Waals surface area contributed by atoms with Gasteiger partial charge in [-0.25, -0.2) is 4.79 Å². The third-order valence-corrected chi connectivity index (χ3v) is 6.02. The minimum atomic E-state index is -0.187. The van der Waals surface area contributed by atoms with E-state index < -0.39 is 0 Å². The van der Waals surface area contributed by atoms with Crippen molar-refractivity contribution in [1.29, 1.82) is 0 Å². The number of aromatic nitrogens is 3. The van der Waals surface area contributed by atoms with Crippen LogP contribution in [-0.2, 0) is 20.0 Å². The van der Waals surface area contributed by atoms with E-state index in [1.807, 2.05) is 18.2 Å². The molecule has 2 aromatic carbocycles. The Morgan fingerprint density at radius 1 is 1.07 bits per heavy atom. The van der Waals surface area contributed by atoms with Crippen LogP contribution in [0, 0.1) is 0 Å². The van der Waals surface area contributed by atoms with Crippen molar-refractivity contribution in [2.45, 2.75) is 25.8 Å². The Morgan fingerprint density at radius 3 is 2.86 bits per heavy atom. The minimum Gasteiger partial charge on any atom is -0.494 e. The zero-order chi connectivity index (χ0) is 19.8. The number of nitrogens with zero attached hydrogens (tertiary/aromatic N) is 2. The van der Waals surface area contributed by atoms with Crippen LogP contribution in [0.25, 0.3) is 21.9 Å². The van der Waals surface area contributed by atoms with Crippen molar-refractivity contribution in [2.24, 2.45) is 7.05 Å². The fourth-order valence-electron chi connectivity index (χ4n) is 4.51. The Bertz CT molecular complexity index is 1220. The van der Waals surface area contributed by atoms with E-state index in [9.17, 15) is 4.79 Å². The summed E-state index contributed by atoms with van der Waals surface area (Å²) in [4.78, 5) is 19.4. The van der Waals surface area contributed by atoms with E-state index in [4.69, 9.17) is 4.74 Å². The number of aromatic amines is 2. The van der Waals surface area contributed by atoms with Gasteiger partial charge in [0.1, 0.15) is 5.75 Å². The summed E-state index contributed by atoms with van der Waals surface area (Å²) < 4.78 is 8.24. The summed E-state index contributed by atoms with van der Waals surface area (Å²) in [7, 11) is 2.19. The van der Waals surface area contributed by atoms with E-state index in [-0.39, 0.29) is 5.69 Å². The van der Waals surface area contributed by atoms with Crippen molar-refractivity contribution < 1.29 is 4.74 Å². The van der Waals surface area contributed by atoms with E-state index in [0.717, 1.165) is 55.7 Å². The molecule has 0 fully saturated rings. The predicted octanol–water partition coefficient (Wildman–Crippen LogP) is 3.57. The number of H-pyrrole nitrogens is 2. The lowest BCUT2D eigenvalue weighted by atomic mass is 10.0. The summed E-state index contributed by atoms with van der Waals surface area (Å²) in [5.74, 6) is 0.797. The molecule has 6 heteroatoms. The zero-order valence-electron chi connectivity index (χ0n) is 16.7. The van der Waals surface area contributed by atoms with Crippen molar-refractivity contribution in [2.75, 3.05) is 19.7 Å². The van der Waals surface area contributed by atoms with E-state index in [1.165, 1.54) is 22.2 Å². The van der Waals surface area contributed by atoms with Crippen LogP contribution in [-0.4, -0.2) is 39.1 Å². The van der Waals surface area contributed by atoms with Crippen LogP contribution >= 0.6 is 0 Å². The lowest BCUT2D eigenvalue weighted by molar-refractivity contribution is 0.234. The maximum absolute atomic E-state index is 11.3. The van der Waals surface area contributed by atoms with Gasteiger partial charge in [0, 0.05) is 49.2 Å². The van der Waals surface area contributed by atoms with Crippen molar-refractivity contribution in [1.82, 2.24) is 19.4 Å². The molecule has 0 amide bonds. The minimum absolute atomic E-state index is 0.187. The van der Waals surface area contributed by atoms with Gasteiger partial charge in [-0.1, -0.05) is 18.2 Å². The number of hydrogen-bond acceptors (Lipinski definition) is 3. The number of benzene rings is 2. The van der Waals surface area contributed by atoms with Crippen LogP contribution in [0.4, 0.5) is 0 Å². The number of aryl methyl sites for hydroxylation is 1. The second kappa shape index (κ2) is 7.44. The molecular weight excluding hydrogens is 364 g/mol. The first-order chi connectivity index (χ1) is 14.2. The first-order valence-corrected chi connectivity index (χ1v) is 10.3. The fourth-order valence-corrected chi connectivity index (χ4v) is 4.51. The van der Waals surface area contributed by atoms with E-state index in [0.29, 0.717) is 6.61 Å². The molecule has 0 radical (unpaired) electrons. The van der Waals surface area contributed by atoms with Gasteiger partial charge in [-0.2, -0.15) is 0 Å². The Kier molecular flexibility index (Phi) is 4.64. The van der Waals surface area contributed by atoms with Gasteiger partial charge in [-0.3, -0.25) is 4.90 Å². The standard InChI is InChI=1S/C23H26N4O2/c1-26-21-7-3-2-6-17(21)18-15-27(12-10-22(18)26)11-4-5-13-29-16-8-9-19-20(14-16)25-23(28)24-19/h2-3,6-9,14H,4-5,10-13,15H2,1H3,(H2,24,25,28). The maximum atomic E-state index is 11.3. The van der Waals surface area contributed by atoms with E-state index in [2.05, 4.69) is 50.7 Å². The van der Waals surface area contributed by atoms with Gasteiger partial charge >= 0.3 is 5.69 Å². The number of fused-ring (bicyclic) bond motifs is 4. The molecule has 1 aliphatic rings. The number of para-hydroxylation sites is 1. The third-order valence-electron chi connectivity index (χ3n) is 6.02. The van der Waals surface area contributed by atoms with Gasteiger partial charge in [0.25, 0.3) is 0 Å². The molecule has 0 spiro atoms. The van der Waals surface area contributed by atoms with Crippen LogP contribution in [0.15, 0.2) is 47.3 Å². The average molecular weight is 390 g/mol. The van der Waals surface area contributed by atoms with Crippen molar-refractivity contribution >= 4 is 21.9 Å². The predicted molar refractivity (Wildman–Crippen MR) is 116 cm³/mol. The topological polar surface area (TPSA) is 66.0 Å². The zero-order valence-corrected chi connectivity index (χ0v) is 16.7. The molecule has 6 nitrogen and oxygen atoms in total. The highest BCUT2D eigenvalue weighted by atomic mass is 16.5. The largest absolute Gasteiger partial charge is 0.494 e. The van der Waals surface area contributed by atoms with Crippen LogP contribution < -0.4 is 10.4 Å². The summed E-state index contributed by atoms with van der Waals surface area (Å²) >= 11 is 0. The molecule has 4 aromatic rings. The molecule has 0 unspecified atom stereocenters. The Morgan fingerprint density at radius 2 is 1.93 bits per heavy atom. The number of unbranched alkanes of at least 4 members (excludes halogenated alkanes) is 1. The lowest BCUT2D eigenvalue weighted by Crippen LogP contribution is -2.31. The summed E-state index contributed by atoms with van der Waals surface area (Å²) in [6.07, 6.45) is 3.25. The molecule has 29 heavy (non-hydrogen) atoms. The van der Waals surface area contributed by atoms with Gasteiger partial charge in [-0.15, -0.1) is 0 Å². The van der Waals surface area contributed by atoms with Gasteiger partial charge in [0.2, 0.25) is 0 Å². The summed E-state index contributed by atoms with van der Waals surface area (Å²) in [5, 5.41) is 1.40. The second-order valence-electron chi connectivity index (χ2n) is 7.87. The number of hydrogen-bond donors (Lipinski definition) is 2. The lowest BCUT2D eigenvalue weighted by Gasteiger charge is -2.27. The quantitative estimate of drug-likeness (QED) is 0.495. The molecule has 0 saturated heterocycles. The normalized spacial score (nSPS) is 14.5. The molecule has 0 atom stereocenters. The molecule has 0 saturated carbocycles. The van der Waals surface area contributed by atoms with Crippen LogP contribution in [0.5, 0.6) is 5.75 Å². The molecular formula is C23H26N4O2. The number of rotatable bonds is 6. The Hall–Kier alpha value is -2.99. The molecule has 150 valence electrons. The SMILES string of the molecule is Cn1c2c(c3ccccc31)CN(CCCCOc1ccc3[nH]c(=O)[nH]c3c1)CC2. The highest BCUT2D eigenvalue weighted by Crippen LogP contribution is 2.30. The molecule has 0 aliphatic carbocycles. The van der Waals surface area contributed by atoms with Crippen molar-refractivity contribution in [3.8, 4) is 5.75 Å². The maximum Gasteiger partial charge on any atom is 0.323 e.